The first-order valence-electron chi connectivity index (χ1n) is 10.3. The second kappa shape index (κ2) is 8.62. The number of hydrogen-bond acceptors (Lipinski definition) is 5. The first-order chi connectivity index (χ1) is 15.6. The van der Waals surface area contributed by atoms with Gasteiger partial charge in [0.1, 0.15) is 5.92 Å². The van der Waals surface area contributed by atoms with Crippen molar-refractivity contribution in [2.75, 3.05) is 11.3 Å². The predicted octanol–water partition coefficient (Wildman–Crippen LogP) is 5.11. The maximum absolute atomic E-state index is 13.5. The van der Waals surface area contributed by atoms with Gasteiger partial charge in [0.25, 0.3) is 5.91 Å². The Hall–Kier alpha value is -2.80. The van der Waals surface area contributed by atoms with Crippen molar-refractivity contribution >= 4 is 40.9 Å². The van der Waals surface area contributed by atoms with Gasteiger partial charge in [0.05, 0.1) is 18.3 Å². The molecule has 32 heavy (non-hydrogen) atoms. The van der Waals surface area contributed by atoms with Crippen LogP contribution in [0.25, 0.3) is 0 Å². The zero-order chi connectivity index (χ0) is 22.2. The van der Waals surface area contributed by atoms with Crippen LogP contribution < -0.4 is 5.06 Å². The van der Waals surface area contributed by atoms with Crippen molar-refractivity contribution in [2.24, 2.45) is 5.92 Å². The van der Waals surface area contributed by atoms with Crippen molar-refractivity contribution < 1.29 is 14.4 Å². The molecule has 0 bridgehead atoms. The summed E-state index contributed by atoms with van der Waals surface area (Å²) in [7, 11) is 0. The van der Waals surface area contributed by atoms with Crippen molar-refractivity contribution in [1.82, 2.24) is 4.90 Å². The van der Waals surface area contributed by atoms with Crippen LogP contribution in [-0.2, 0) is 21.0 Å². The summed E-state index contributed by atoms with van der Waals surface area (Å²) in [5.41, 5.74) is 2.58. The quantitative estimate of drug-likeness (QED) is 0.388. The van der Waals surface area contributed by atoms with E-state index >= 15 is 0 Å². The van der Waals surface area contributed by atoms with E-state index in [2.05, 4.69) is 0 Å². The average molecular weight is 465 g/mol. The lowest BCUT2D eigenvalue weighted by Gasteiger charge is -2.29. The van der Waals surface area contributed by atoms with Crippen LogP contribution in [-0.4, -0.2) is 29.1 Å². The van der Waals surface area contributed by atoms with Gasteiger partial charge in [-0.15, -0.1) is 11.8 Å². The van der Waals surface area contributed by atoms with E-state index in [-0.39, 0.29) is 18.4 Å². The Morgan fingerprint density at radius 2 is 1.59 bits per heavy atom. The number of likely N-dealkylation sites (tertiary alicyclic amines) is 1. The number of hydrogen-bond donors (Lipinski definition) is 0. The second-order valence-corrected chi connectivity index (χ2v) is 9.14. The Labute approximate surface area is 195 Å². The van der Waals surface area contributed by atoms with Crippen molar-refractivity contribution in [3.63, 3.8) is 0 Å². The number of thioether (sulfide) groups is 1. The van der Waals surface area contributed by atoms with Gasteiger partial charge in [-0.25, -0.2) is 5.06 Å². The number of amides is 2. The molecule has 0 spiro atoms. The van der Waals surface area contributed by atoms with E-state index in [1.54, 1.807) is 29.0 Å². The van der Waals surface area contributed by atoms with Crippen LogP contribution in [0.4, 0.5) is 5.69 Å². The highest BCUT2D eigenvalue weighted by Gasteiger charge is 2.59. The zero-order valence-electron chi connectivity index (χ0n) is 17.4. The smallest absolute Gasteiger partial charge is 0.262 e. The number of carbonyl (C=O) groups is 2. The summed E-state index contributed by atoms with van der Waals surface area (Å²) in [6.07, 6.45) is 1.16. The Morgan fingerprint density at radius 3 is 2.25 bits per heavy atom. The van der Waals surface area contributed by atoms with Gasteiger partial charge in [-0.05, 0) is 53.8 Å². The fourth-order valence-electron chi connectivity index (χ4n) is 4.35. The van der Waals surface area contributed by atoms with Crippen LogP contribution in [0.15, 0.2) is 83.8 Å². The molecule has 2 heterocycles. The van der Waals surface area contributed by atoms with E-state index in [0.29, 0.717) is 5.02 Å². The summed E-state index contributed by atoms with van der Waals surface area (Å²) in [4.78, 5) is 35.4. The van der Waals surface area contributed by atoms with E-state index in [4.69, 9.17) is 16.4 Å². The number of imide groups is 1. The summed E-state index contributed by atoms with van der Waals surface area (Å²) in [5, 5.41) is 2.30. The highest BCUT2D eigenvalue weighted by Crippen LogP contribution is 2.47. The fraction of sp³-hybridized carbons (Fsp3) is 0.200. The van der Waals surface area contributed by atoms with Crippen LogP contribution in [0, 0.1) is 5.92 Å². The Morgan fingerprint density at radius 1 is 0.906 bits per heavy atom. The molecule has 2 fully saturated rings. The zero-order valence-corrected chi connectivity index (χ0v) is 18.9. The lowest BCUT2D eigenvalue weighted by molar-refractivity contribution is -0.143. The molecule has 2 saturated heterocycles. The molecule has 0 radical (unpaired) electrons. The number of anilines is 1. The molecule has 5 nitrogen and oxygen atoms in total. The number of carbonyl (C=O) groups excluding carboxylic acids is 2. The van der Waals surface area contributed by atoms with Crippen molar-refractivity contribution in [3.05, 3.63) is 95.0 Å². The van der Waals surface area contributed by atoms with E-state index in [0.717, 1.165) is 21.7 Å². The molecule has 5 rings (SSSR count). The average Bonchev–Trinajstić information content (AvgIpc) is 3.32. The molecule has 0 saturated carbocycles. The van der Waals surface area contributed by atoms with Gasteiger partial charge in [-0.3, -0.25) is 19.3 Å². The molecule has 2 aliphatic heterocycles. The molecule has 0 aromatic heterocycles. The minimum Gasteiger partial charge on any atom is -0.275 e. The number of nitrogens with zero attached hydrogens (tertiary/aromatic N) is 2. The molecule has 7 heteroatoms. The molecule has 2 aliphatic rings. The summed E-state index contributed by atoms with van der Waals surface area (Å²) >= 11 is 7.72. The number of rotatable bonds is 5. The molecule has 0 unspecified atom stereocenters. The molecular weight excluding hydrogens is 444 g/mol. The van der Waals surface area contributed by atoms with Gasteiger partial charge < -0.3 is 0 Å². The lowest BCUT2D eigenvalue weighted by Crippen LogP contribution is -2.36. The van der Waals surface area contributed by atoms with Gasteiger partial charge in [0, 0.05) is 9.92 Å². The fourth-order valence-corrected chi connectivity index (χ4v) is 4.88. The molecule has 3 aromatic rings. The summed E-state index contributed by atoms with van der Waals surface area (Å²) in [6, 6.07) is 24.4. The lowest BCUT2D eigenvalue weighted by atomic mass is 9.90. The third-order valence-corrected chi connectivity index (χ3v) is 6.92. The van der Waals surface area contributed by atoms with Crippen LogP contribution in [0.5, 0.6) is 0 Å². The highest BCUT2D eigenvalue weighted by atomic mass is 35.5. The third-order valence-electron chi connectivity index (χ3n) is 5.93. The van der Waals surface area contributed by atoms with Gasteiger partial charge in [0.15, 0.2) is 6.10 Å². The summed E-state index contributed by atoms with van der Waals surface area (Å²) < 4.78 is 0. The maximum Gasteiger partial charge on any atom is 0.262 e. The standard InChI is InChI=1S/C25H21ClN2O3S/c1-32-20-13-7-17(8-14-20)22-21-23(31-28(22)19-11-9-18(26)10-12-19)25(30)27(24(21)29)15-16-5-3-2-4-6-16/h2-14,21-23H,15H2,1H3/t21-,22-,23-/m1/s1. The van der Waals surface area contributed by atoms with E-state index in [9.17, 15) is 9.59 Å². The predicted molar refractivity (Wildman–Crippen MR) is 125 cm³/mol. The summed E-state index contributed by atoms with van der Waals surface area (Å²) in [5.74, 6) is -1.13. The number of benzene rings is 3. The van der Waals surface area contributed by atoms with Crippen molar-refractivity contribution in [1.29, 1.82) is 0 Å². The molecule has 2 amide bonds. The van der Waals surface area contributed by atoms with Crippen LogP contribution >= 0.6 is 23.4 Å². The number of halogens is 1. The topological polar surface area (TPSA) is 49.9 Å². The SMILES string of the molecule is CSc1ccc([C@@H]2[C@H]3C(=O)N(Cc4ccccc4)C(=O)[C@@H]3ON2c2ccc(Cl)cc2)cc1. The first-order valence-corrected chi connectivity index (χ1v) is 11.9. The second-order valence-electron chi connectivity index (χ2n) is 7.82. The maximum atomic E-state index is 13.5. The highest BCUT2D eigenvalue weighted by molar-refractivity contribution is 7.98. The van der Waals surface area contributed by atoms with Crippen molar-refractivity contribution in [2.45, 2.75) is 23.6 Å². The van der Waals surface area contributed by atoms with Crippen molar-refractivity contribution in [3.8, 4) is 0 Å². The van der Waals surface area contributed by atoms with E-state index in [1.165, 1.54) is 4.90 Å². The van der Waals surface area contributed by atoms with Crippen LogP contribution in [0.3, 0.4) is 0 Å². The molecule has 0 aliphatic carbocycles. The van der Waals surface area contributed by atoms with Gasteiger partial charge in [0.2, 0.25) is 5.91 Å². The normalized spacial score (nSPS) is 22.5. The number of hydroxylamine groups is 1. The Kier molecular flexibility index (Phi) is 5.67. The molecule has 162 valence electrons. The third kappa shape index (κ3) is 3.68. The van der Waals surface area contributed by atoms with E-state index < -0.39 is 18.1 Å². The summed E-state index contributed by atoms with van der Waals surface area (Å²) in [6.45, 7) is 0.244. The molecular formula is C25H21ClN2O3S. The minimum atomic E-state index is -0.855. The monoisotopic (exact) mass is 464 g/mol. The minimum absolute atomic E-state index is 0.209. The Bertz CT molecular complexity index is 1140. The molecule has 0 N–H and O–H groups in total. The largest absolute Gasteiger partial charge is 0.275 e. The van der Waals surface area contributed by atoms with Gasteiger partial charge in [-0.1, -0.05) is 54.1 Å². The van der Waals surface area contributed by atoms with Gasteiger partial charge >= 0.3 is 0 Å². The van der Waals surface area contributed by atoms with Crippen LogP contribution in [0.2, 0.25) is 5.02 Å². The van der Waals surface area contributed by atoms with E-state index in [1.807, 2.05) is 73.0 Å². The number of fused-ring (bicyclic) bond motifs is 1. The molecule has 3 aromatic carbocycles. The Balaban J connectivity index is 1.52. The van der Waals surface area contributed by atoms with Gasteiger partial charge in [-0.2, -0.15) is 0 Å². The first kappa shape index (κ1) is 21.1. The van der Waals surface area contributed by atoms with Crippen LogP contribution in [0.1, 0.15) is 17.2 Å². The molecule has 3 atom stereocenters.